The molecule has 7 aliphatic rings. The molecule has 227 valence electrons. The smallest absolute Gasteiger partial charge is 0.312 e. The Hall–Kier alpha value is -3.70. The maximum atomic E-state index is 14.3. The van der Waals surface area contributed by atoms with Gasteiger partial charge in [0.15, 0.2) is 11.4 Å². The molecule has 0 saturated heterocycles. The molecule has 0 unspecified atom stereocenters. The highest BCUT2D eigenvalue weighted by Crippen LogP contribution is 2.61. The Morgan fingerprint density at radius 3 is 2.16 bits per heavy atom. The highest BCUT2D eigenvalue weighted by Gasteiger charge is 2.69. The molecule has 1 radical (unpaired) electrons. The van der Waals surface area contributed by atoms with Gasteiger partial charge in [-0.05, 0) is 82.0 Å². The first-order chi connectivity index (χ1) is 20.3. The summed E-state index contributed by atoms with van der Waals surface area (Å²) in [6, 6.07) is 3.09. The summed E-state index contributed by atoms with van der Waals surface area (Å²) in [6.07, 6.45) is 5.41. The highest BCUT2D eigenvalue weighted by molar-refractivity contribution is 6.24. The van der Waals surface area contributed by atoms with Gasteiger partial charge in [0.25, 0.3) is 5.91 Å². The SMILES string of the molecule is CN(C)[C@H]1C(=O)C(C(N)=O)=C(O)[C@]2(O)C(=O)C3=C(O)c4c(O)cccc4[CH][C@@H]3[C@@H](OC(=O)C34CC5CC(CC(C5)C3)C4)[C@H]12. The summed E-state index contributed by atoms with van der Waals surface area (Å²) in [5.74, 6) is -7.60. The lowest BCUT2D eigenvalue weighted by Crippen LogP contribution is -2.71. The fourth-order valence-corrected chi connectivity index (χ4v) is 9.70. The van der Waals surface area contributed by atoms with E-state index < -0.39 is 81.1 Å². The van der Waals surface area contributed by atoms with Crippen molar-refractivity contribution in [2.75, 3.05) is 14.1 Å². The molecular weight excluding hydrogens is 556 g/mol. The molecule has 7 aliphatic carbocycles. The van der Waals surface area contributed by atoms with Crippen LogP contribution in [-0.4, -0.2) is 80.6 Å². The number of phenolic OH excluding ortho intramolecular Hbond substituents is 1. The van der Waals surface area contributed by atoms with Crippen LogP contribution in [0.2, 0.25) is 0 Å². The predicted molar refractivity (Wildman–Crippen MR) is 150 cm³/mol. The topological polar surface area (TPSA) is 188 Å². The number of carbonyl (C=O) groups is 4. The number of aliphatic hydroxyl groups excluding tert-OH is 2. The minimum atomic E-state index is -2.95. The van der Waals surface area contributed by atoms with Gasteiger partial charge >= 0.3 is 5.97 Å². The van der Waals surface area contributed by atoms with Gasteiger partial charge in [0.1, 0.15) is 28.9 Å². The van der Waals surface area contributed by atoms with E-state index in [9.17, 15) is 39.6 Å². The molecule has 0 heterocycles. The van der Waals surface area contributed by atoms with Crippen LogP contribution in [-0.2, 0) is 23.9 Å². The van der Waals surface area contributed by atoms with Crippen LogP contribution in [0.25, 0.3) is 5.76 Å². The van der Waals surface area contributed by atoms with Crippen LogP contribution < -0.4 is 5.73 Å². The number of ketones is 2. The monoisotopic (exact) mass is 591 g/mol. The van der Waals surface area contributed by atoms with Crippen molar-refractivity contribution in [1.29, 1.82) is 0 Å². The maximum Gasteiger partial charge on any atom is 0.312 e. The van der Waals surface area contributed by atoms with Crippen molar-refractivity contribution in [3.8, 4) is 5.75 Å². The van der Waals surface area contributed by atoms with Crippen LogP contribution in [0.3, 0.4) is 0 Å². The third-order valence-electron chi connectivity index (χ3n) is 11.0. The number of ether oxygens (including phenoxy) is 1. The summed E-state index contributed by atoms with van der Waals surface area (Å²) < 4.78 is 6.38. The number of benzene rings is 1. The Labute approximate surface area is 248 Å². The van der Waals surface area contributed by atoms with Gasteiger partial charge in [-0.25, -0.2) is 0 Å². The van der Waals surface area contributed by atoms with Gasteiger partial charge in [0.05, 0.1) is 22.9 Å². The van der Waals surface area contributed by atoms with Crippen LogP contribution in [0.5, 0.6) is 5.75 Å². The molecule has 11 heteroatoms. The number of likely N-dealkylation sites (N-methyl/N-ethyl adjacent to an activating group) is 1. The van der Waals surface area contributed by atoms with E-state index in [-0.39, 0.29) is 11.3 Å². The van der Waals surface area contributed by atoms with Crippen LogP contribution in [0, 0.1) is 41.4 Å². The lowest BCUT2D eigenvalue weighted by molar-refractivity contribution is -0.198. The van der Waals surface area contributed by atoms with Gasteiger partial charge in [-0.2, -0.15) is 0 Å². The van der Waals surface area contributed by atoms with Crippen LogP contribution >= 0.6 is 0 Å². The number of rotatable bonds is 4. The van der Waals surface area contributed by atoms with Crippen molar-refractivity contribution in [1.82, 2.24) is 4.90 Å². The fraction of sp³-hybridized carbons (Fsp3) is 0.531. The number of aromatic hydroxyl groups is 1. The van der Waals surface area contributed by atoms with Gasteiger partial charge in [0, 0.05) is 17.9 Å². The number of Topliss-reactive ketones (excluding diaryl/α,β-unsaturated/α-hetero) is 2. The number of esters is 1. The minimum absolute atomic E-state index is 0.0649. The molecule has 5 saturated carbocycles. The van der Waals surface area contributed by atoms with Gasteiger partial charge < -0.3 is 30.9 Å². The van der Waals surface area contributed by atoms with E-state index in [1.807, 2.05) is 0 Å². The number of fused-ring (bicyclic) bond motifs is 3. The fourth-order valence-electron chi connectivity index (χ4n) is 9.70. The number of amides is 1. The molecule has 1 aromatic carbocycles. The first-order valence-corrected chi connectivity index (χ1v) is 14.8. The van der Waals surface area contributed by atoms with Gasteiger partial charge in [0.2, 0.25) is 5.78 Å². The normalized spacial score (nSPS) is 39.5. The zero-order chi connectivity index (χ0) is 30.7. The Morgan fingerprint density at radius 2 is 1.60 bits per heavy atom. The van der Waals surface area contributed by atoms with Crippen molar-refractivity contribution < 1.29 is 44.3 Å². The van der Waals surface area contributed by atoms with E-state index in [1.165, 1.54) is 25.1 Å². The molecule has 0 aliphatic heterocycles. The quantitative estimate of drug-likeness (QED) is 0.255. The van der Waals surface area contributed by atoms with Gasteiger partial charge in [-0.1, -0.05) is 12.1 Å². The molecule has 43 heavy (non-hydrogen) atoms. The second-order valence-corrected chi connectivity index (χ2v) is 13.7. The first-order valence-electron chi connectivity index (χ1n) is 14.8. The van der Waals surface area contributed by atoms with E-state index in [1.54, 1.807) is 18.6 Å². The molecule has 8 rings (SSSR count). The minimum Gasteiger partial charge on any atom is -0.508 e. The average Bonchev–Trinajstić information content (AvgIpc) is 2.91. The van der Waals surface area contributed by atoms with Crippen molar-refractivity contribution in [2.24, 2.45) is 40.7 Å². The molecule has 5 atom stereocenters. The number of carbonyl (C=O) groups excluding carboxylic acids is 4. The Kier molecular flexibility index (Phi) is 5.98. The number of nitrogens with two attached hydrogens (primary N) is 1. The van der Waals surface area contributed by atoms with E-state index in [2.05, 4.69) is 0 Å². The third-order valence-corrected chi connectivity index (χ3v) is 11.0. The van der Waals surface area contributed by atoms with Crippen LogP contribution in [0.15, 0.2) is 35.1 Å². The number of hydrogen-bond acceptors (Lipinski definition) is 10. The summed E-state index contributed by atoms with van der Waals surface area (Å²) in [5, 5.41) is 45.5. The lowest BCUT2D eigenvalue weighted by Gasteiger charge is -2.57. The second kappa shape index (κ2) is 9.15. The Morgan fingerprint density at radius 1 is 1.00 bits per heavy atom. The Balaban J connectivity index is 1.42. The number of primary amides is 1. The summed E-state index contributed by atoms with van der Waals surface area (Å²) >= 11 is 0. The number of nitrogens with zero attached hydrogens (tertiary/aromatic N) is 1. The third kappa shape index (κ3) is 3.67. The van der Waals surface area contributed by atoms with Crippen molar-refractivity contribution in [3.05, 3.63) is 52.7 Å². The lowest BCUT2D eigenvalue weighted by atomic mass is 9.49. The zero-order valence-corrected chi connectivity index (χ0v) is 23.9. The number of hydrogen-bond donors (Lipinski definition) is 5. The van der Waals surface area contributed by atoms with E-state index >= 15 is 0 Å². The van der Waals surface area contributed by atoms with Gasteiger partial charge in [-0.3, -0.25) is 24.1 Å². The van der Waals surface area contributed by atoms with Crippen molar-refractivity contribution in [3.63, 3.8) is 0 Å². The summed E-state index contributed by atoms with van der Waals surface area (Å²) in [7, 11) is 3.01. The summed E-state index contributed by atoms with van der Waals surface area (Å²) in [4.78, 5) is 56.1. The first kappa shape index (κ1) is 28.1. The Bertz CT molecular complexity index is 1520. The largest absolute Gasteiger partial charge is 0.508 e. The molecule has 6 N–H and O–H groups in total. The standard InChI is InChI=1S/C32H35N2O9/c1-34(2)23-22-26(43-30(41)31-10-13-6-14(11-31)8-15(7-13)12-31)17-9-16-4-3-5-18(35)19(16)24(36)20(17)27(38)32(22,42)28(39)21(25(23)37)29(33)40/h3-5,9,13-15,17,22-23,26,35-36,39,42H,6-8,10-12H2,1-2H3,(H2,33,40)/t13?,14?,15?,17-,22-,23+,26+,31?,32+/m0/s1. The van der Waals surface area contributed by atoms with E-state index in [4.69, 9.17) is 10.5 Å². The van der Waals surface area contributed by atoms with Crippen LogP contribution in [0.4, 0.5) is 0 Å². The molecule has 1 aromatic rings. The summed E-state index contributed by atoms with van der Waals surface area (Å²) in [5.41, 5.74) is 0.729. The highest BCUT2D eigenvalue weighted by atomic mass is 16.5. The average molecular weight is 592 g/mol. The molecule has 1 amide bonds. The summed E-state index contributed by atoms with van der Waals surface area (Å²) in [6.45, 7) is 0. The molecule has 4 bridgehead atoms. The van der Waals surface area contributed by atoms with E-state index in [0.29, 0.717) is 42.6 Å². The molecule has 0 aromatic heterocycles. The molecular formula is C32H35N2O9. The van der Waals surface area contributed by atoms with Crippen molar-refractivity contribution >= 4 is 29.2 Å². The molecule has 0 spiro atoms. The van der Waals surface area contributed by atoms with Crippen LogP contribution in [0.1, 0.15) is 49.7 Å². The van der Waals surface area contributed by atoms with Gasteiger partial charge in [-0.15, -0.1) is 0 Å². The number of phenols is 1. The second-order valence-electron chi connectivity index (χ2n) is 13.7. The zero-order valence-electron chi connectivity index (χ0n) is 23.9. The van der Waals surface area contributed by atoms with E-state index in [0.717, 1.165) is 19.3 Å². The predicted octanol–water partition coefficient (Wildman–Crippen LogP) is 1.71. The maximum absolute atomic E-state index is 14.3. The molecule has 5 fully saturated rings. The molecule has 11 nitrogen and oxygen atoms in total. The number of aliphatic hydroxyl groups is 3. The van der Waals surface area contributed by atoms with Crippen molar-refractivity contribution in [2.45, 2.75) is 56.3 Å².